The molecule has 0 aromatic heterocycles. The minimum absolute atomic E-state index is 0. The number of hydrogen-bond donors (Lipinski definition) is 0. The van der Waals surface area contributed by atoms with E-state index in [-0.39, 0.29) is 29.6 Å². The third-order valence-electron chi connectivity index (χ3n) is 3.81. The van der Waals surface area contributed by atoms with E-state index >= 15 is 0 Å². The molecule has 0 radical (unpaired) electrons. The van der Waals surface area contributed by atoms with Gasteiger partial charge in [-0.15, -0.1) is 0 Å². The van der Waals surface area contributed by atoms with Gasteiger partial charge in [0.2, 0.25) is 0 Å². The van der Waals surface area contributed by atoms with Crippen LogP contribution in [0, 0.1) is 5.92 Å². The van der Waals surface area contributed by atoms with Crippen molar-refractivity contribution < 1.29 is 34.4 Å². The van der Waals surface area contributed by atoms with Crippen molar-refractivity contribution in [2.75, 3.05) is 0 Å². The van der Waals surface area contributed by atoms with Gasteiger partial charge in [-0.1, -0.05) is 97.3 Å². The molecule has 0 bridgehead atoms. The van der Waals surface area contributed by atoms with Gasteiger partial charge >= 0.3 is 29.6 Å². The van der Waals surface area contributed by atoms with E-state index < -0.39 is 0 Å². The normalized spacial score (nSPS) is 10.6. The summed E-state index contributed by atoms with van der Waals surface area (Å²) in [5.74, 6) is 0.879. The monoisotopic (exact) mass is 290 g/mol. The van der Waals surface area contributed by atoms with Crippen LogP contribution in [0.4, 0.5) is 0 Å². The molecule has 0 saturated carbocycles. The fourth-order valence-corrected chi connectivity index (χ4v) is 2.52. The Morgan fingerprint density at radius 1 is 0.650 bits per heavy atom. The number of rotatable bonds is 15. The molecule has 0 fully saturated rings. The largest absolute Gasteiger partial charge is 1.00 e. The molecule has 0 saturated heterocycles. The Morgan fingerprint density at radius 3 is 1.35 bits per heavy atom. The van der Waals surface area contributed by atoms with Crippen molar-refractivity contribution >= 4 is 6.29 Å². The van der Waals surface area contributed by atoms with Crippen LogP contribution >= 0.6 is 0 Å². The molecule has 0 aromatic rings. The first-order valence-corrected chi connectivity index (χ1v) is 8.62. The molecule has 0 amide bonds. The van der Waals surface area contributed by atoms with Gasteiger partial charge in [0.25, 0.3) is 0 Å². The van der Waals surface area contributed by atoms with Crippen molar-refractivity contribution in [3.8, 4) is 0 Å². The molecule has 0 atom stereocenters. The molecule has 1 nitrogen and oxygen atoms in total. The van der Waals surface area contributed by atoms with Crippen LogP contribution < -0.4 is 29.6 Å². The summed E-state index contributed by atoms with van der Waals surface area (Å²) in [6, 6.07) is 0. The zero-order chi connectivity index (χ0) is 14.2. The molecule has 0 aliphatic rings. The van der Waals surface area contributed by atoms with Gasteiger partial charge in [-0.25, -0.2) is 0 Å². The van der Waals surface area contributed by atoms with Crippen molar-refractivity contribution in [3.05, 3.63) is 0 Å². The van der Waals surface area contributed by atoms with Crippen molar-refractivity contribution in [1.82, 2.24) is 0 Å². The minimum Gasteiger partial charge on any atom is -0.542 e. The Labute approximate surface area is 150 Å². The average molecular weight is 290 g/mol. The maximum Gasteiger partial charge on any atom is 1.00 e. The predicted octanol–water partition coefficient (Wildman–Crippen LogP) is 3.22. The van der Waals surface area contributed by atoms with Gasteiger partial charge in [0.15, 0.2) is 0 Å². The molecular weight excluding hydrogens is 255 g/mol. The van der Waals surface area contributed by atoms with Crippen LogP contribution in [0.3, 0.4) is 0 Å². The van der Waals surface area contributed by atoms with Crippen LogP contribution in [0.25, 0.3) is 0 Å². The number of hydrogen-bond acceptors (Lipinski definition) is 1. The molecule has 0 unspecified atom stereocenters. The quantitative estimate of drug-likeness (QED) is 0.257. The van der Waals surface area contributed by atoms with Gasteiger partial charge < -0.3 is 4.79 Å². The van der Waals surface area contributed by atoms with Crippen LogP contribution in [0.1, 0.15) is 104 Å². The molecule has 0 aromatic carbocycles. The minimum atomic E-state index is 0. The van der Waals surface area contributed by atoms with Crippen molar-refractivity contribution in [3.63, 3.8) is 0 Å². The van der Waals surface area contributed by atoms with Gasteiger partial charge in [0.1, 0.15) is 0 Å². The molecule has 20 heavy (non-hydrogen) atoms. The van der Waals surface area contributed by atoms with Crippen molar-refractivity contribution in [2.24, 2.45) is 5.92 Å². The predicted molar refractivity (Wildman–Crippen MR) is 85.2 cm³/mol. The molecular formula is C18H35NaO. The Balaban J connectivity index is 0. The van der Waals surface area contributed by atoms with Gasteiger partial charge in [-0.2, -0.15) is 6.42 Å². The summed E-state index contributed by atoms with van der Waals surface area (Å²) < 4.78 is 0. The Hall–Kier alpha value is 0.670. The standard InChI is InChI=1S/C18H35O.Na/c1-18(2)16-14-12-10-8-6-4-3-5-7-9-11-13-15-17-19;/h18H,3-16H2,1-2H3;/q-1;+1. The van der Waals surface area contributed by atoms with E-state index in [1.807, 2.05) is 6.29 Å². The van der Waals surface area contributed by atoms with E-state index in [1.165, 1.54) is 77.0 Å². The summed E-state index contributed by atoms with van der Waals surface area (Å²) in [5.41, 5.74) is 0. The van der Waals surface area contributed by atoms with E-state index in [1.54, 1.807) is 0 Å². The van der Waals surface area contributed by atoms with Gasteiger partial charge in [-0.05, 0) is 5.92 Å². The molecule has 0 heterocycles. The van der Waals surface area contributed by atoms with Crippen LogP contribution in [0.2, 0.25) is 0 Å². The summed E-state index contributed by atoms with van der Waals surface area (Å²) in [7, 11) is 0. The summed E-state index contributed by atoms with van der Waals surface area (Å²) in [5, 5.41) is 0. The number of unbranched alkanes of at least 4 members (excludes halogenated alkanes) is 12. The molecule has 0 aliphatic carbocycles. The first kappa shape index (κ1) is 22.9. The molecule has 114 valence electrons. The topological polar surface area (TPSA) is 17.1 Å². The first-order chi connectivity index (χ1) is 9.27. The summed E-state index contributed by atoms with van der Waals surface area (Å²) >= 11 is 0. The molecule has 0 rings (SSSR count). The van der Waals surface area contributed by atoms with Crippen LogP contribution in [0.15, 0.2) is 0 Å². The zero-order valence-corrected chi connectivity index (χ0v) is 16.4. The van der Waals surface area contributed by atoms with Gasteiger partial charge in [0.05, 0.1) is 0 Å². The van der Waals surface area contributed by atoms with Crippen LogP contribution in [-0.2, 0) is 4.79 Å². The van der Waals surface area contributed by atoms with Gasteiger partial charge in [-0.3, -0.25) is 6.29 Å². The van der Waals surface area contributed by atoms with Gasteiger partial charge in [0, 0.05) is 0 Å². The SMILES string of the molecule is CC(C)CCCCCCCCCCCCCC[C-]=O.[Na+]. The molecule has 0 spiro atoms. The average Bonchev–Trinajstić information content (AvgIpc) is 2.39. The Bertz CT molecular complexity index is 180. The Kier molecular flexibility index (Phi) is 22.6. The summed E-state index contributed by atoms with van der Waals surface area (Å²) in [6.45, 7) is 4.63. The van der Waals surface area contributed by atoms with Crippen LogP contribution in [-0.4, -0.2) is 6.29 Å². The summed E-state index contributed by atoms with van der Waals surface area (Å²) in [4.78, 5) is 10.0. The van der Waals surface area contributed by atoms with E-state index in [0.29, 0.717) is 6.42 Å². The second-order valence-corrected chi connectivity index (χ2v) is 6.32. The fourth-order valence-electron chi connectivity index (χ4n) is 2.52. The van der Waals surface area contributed by atoms with E-state index in [4.69, 9.17) is 0 Å². The second kappa shape index (κ2) is 19.7. The number of carbonyl (C=O) groups excluding carboxylic acids is 1. The molecule has 0 N–H and O–H groups in total. The maximum atomic E-state index is 10.0. The first-order valence-electron chi connectivity index (χ1n) is 8.62. The van der Waals surface area contributed by atoms with E-state index in [2.05, 4.69) is 13.8 Å². The third-order valence-corrected chi connectivity index (χ3v) is 3.81. The fraction of sp³-hybridized carbons (Fsp3) is 0.944. The van der Waals surface area contributed by atoms with Crippen molar-refractivity contribution in [2.45, 2.75) is 104 Å². The smallest absolute Gasteiger partial charge is 0.542 e. The summed E-state index contributed by atoms with van der Waals surface area (Å²) in [6.07, 6.45) is 20.3. The Morgan fingerprint density at radius 2 is 1.00 bits per heavy atom. The molecule has 0 aliphatic heterocycles. The second-order valence-electron chi connectivity index (χ2n) is 6.32. The van der Waals surface area contributed by atoms with Crippen molar-refractivity contribution in [1.29, 1.82) is 0 Å². The van der Waals surface area contributed by atoms with Crippen LogP contribution in [0.5, 0.6) is 0 Å². The zero-order valence-electron chi connectivity index (χ0n) is 14.4. The third kappa shape index (κ3) is 21.0. The van der Waals surface area contributed by atoms with E-state index in [9.17, 15) is 4.79 Å². The van der Waals surface area contributed by atoms with E-state index in [0.717, 1.165) is 12.3 Å². The maximum absolute atomic E-state index is 10.0. The molecule has 2 heteroatoms.